The molecule has 51 heavy (non-hydrogen) atoms. The maximum Gasteiger partial charge on any atom is 0.167 e. The minimum absolute atomic E-state index is 0.0993. The first-order valence-electron chi connectivity index (χ1n) is 17.2. The van der Waals surface area contributed by atoms with Crippen LogP contribution in [0.25, 0.3) is 73.1 Å². The zero-order chi connectivity index (χ0) is 33.5. The number of hydrogen-bond acceptors (Lipinski definition) is 6. The van der Waals surface area contributed by atoms with Crippen LogP contribution in [0.4, 0.5) is 11.4 Å². The number of rotatable bonds is 4. The summed E-state index contributed by atoms with van der Waals surface area (Å²) < 4.78 is 13.0. The monoisotopic (exact) mass is 656 g/mol. The molecule has 6 heteroatoms. The predicted octanol–water partition coefficient (Wildman–Crippen LogP) is 11.2. The summed E-state index contributed by atoms with van der Waals surface area (Å²) in [6.07, 6.45) is 4.42. The van der Waals surface area contributed by atoms with Gasteiger partial charge in [-0.15, -0.1) is 0 Å². The first-order valence-corrected chi connectivity index (χ1v) is 17.2. The highest BCUT2D eigenvalue weighted by atomic mass is 16.3. The van der Waals surface area contributed by atoms with Gasteiger partial charge in [-0.25, -0.2) is 15.0 Å². The molecule has 2 unspecified atom stereocenters. The first kappa shape index (κ1) is 28.1. The molecule has 0 amide bonds. The van der Waals surface area contributed by atoms with E-state index in [0.29, 0.717) is 17.5 Å². The van der Waals surface area contributed by atoms with Crippen molar-refractivity contribution in [2.75, 3.05) is 4.90 Å². The van der Waals surface area contributed by atoms with E-state index in [-0.39, 0.29) is 12.0 Å². The molecule has 0 saturated carbocycles. The van der Waals surface area contributed by atoms with Crippen LogP contribution < -0.4 is 4.90 Å². The van der Waals surface area contributed by atoms with E-state index in [4.69, 9.17) is 23.8 Å². The number of furan rings is 2. The Labute approximate surface area is 293 Å². The van der Waals surface area contributed by atoms with Crippen LogP contribution in [-0.2, 0) is 0 Å². The Balaban J connectivity index is 1.09. The highest BCUT2D eigenvalue weighted by molar-refractivity contribution is 6.06. The molecular weight excluding hydrogens is 629 g/mol. The lowest BCUT2D eigenvalue weighted by Crippen LogP contribution is -2.30. The maximum atomic E-state index is 6.80. The molecule has 0 spiro atoms. The highest BCUT2D eigenvalue weighted by Gasteiger charge is 2.43. The standard InChI is InChI=1S/C45H28N4O2/c1-3-12-27(13-4-1)43-46-44(28-22-23-31-30-16-8-10-21-37(30)50-39(31)26-28)48-45(47-43)34-19-11-18-33-41-38(51-42(33)34)25-24-36-40(41)32-17-7-9-20-35(32)49(36)29-14-5-2-6-15-29/h1-26,36,40H. The van der Waals surface area contributed by atoms with Gasteiger partial charge in [0.05, 0.1) is 11.6 Å². The molecule has 0 saturated heterocycles. The number of hydrogen-bond donors (Lipinski definition) is 0. The van der Waals surface area contributed by atoms with Gasteiger partial charge in [-0.05, 0) is 54.1 Å². The third-order valence-electron chi connectivity index (χ3n) is 10.3. The van der Waals surface area contributed by atoms with E-state index in [0.717, 1.165) is 55.4 Å². The van der Waals surface area contributed by atoms with Crippen molar-refractivity contribution in [3.05, 3.63) is 169 Å². The van der Waals surface area contributed by atoms with Crippen molar-refractivity contribution >= 4 is 50.4 Å². The smallest absolute Gasteiger partial charge is 0.167 e. The Morgan fingerprint density at radius 2 is 1.24 bits per heavy atom. The van der Waals surface area contributed by atoms with Crippen LogP contribution in [0.5, 0.6) is 0 Å². The van der Waals surface area contributed by atoms with Crippen molar-refractivity contribution in [2.45, 2.75) is 12.0 Å². The number of para-hydroxylation sites is 4. The summed E-state index contributed by atoms with van der Waals surface area (Å²) in [7, 11) is 0. The zero-order valence-corrected chi connectivity index (χ0v) is 27.3. The van der Waals surface area contributed by atoms with Gasteiger partial charge in [0.2, 0.25) is 0 Å². The van der Waals surface area contributed by atoms with E-state index >= 15 is 0 Å². The molecule has 2 aliphatic rings. The second-order valence-corrected chi connectivity index (χ2v) is 13.1. The van der Waals surface area contributed by atoms with Crippen molar-refractivity contribution in [2.24, 2.45) is 0 Å². The molecule has 11 rings (SSSR count). The molecule has 4 heterocycles. The Morgan fingerprint density at radius 1 is 0.529 bits per heavy atom. The molecule has 0 radical (unpaired) electrons. The second-order valence-electron chi connectivity index (χ2n) is 13.1. The summed E-state index contributed by atoms with van der Waals surface area (Å²) in [4.78, 5) is 17.6. The lowest BCUT2D eigenvalue weighted by Gasteiger charge is -2.30. The normalized spacial score (nSPS) is 16.1. The van der Waals surface area contributed by atoms with Gasteiger partial charge in [0.15, 0.2) is 17.5 Å². The van der Waals surface area contributed by atoms with Gasteiger partial charge in [0.1, 0.15) is 22.5 Å². The molecule has 0 bridgehead atoms. The quantitative estimate of drug-likeness (QED) is 0.188. The summed E-state index contributed by atoms with van der Waals surface area (Å²) in [6.45, 7) is 0. The largest absolute Gasteiger partial charge is 0.456 e. The topological polar surface area (TPSA) is 68.2 Å². The Hall–Kier alpha value is -6.79. The molecule has 0 N–H and O–H groups in total. The Bertz CT molecular complexity index is 2840. The summed E-state index contributed by atoms with van der Waals surface area (Å²) in [5.41, 5.74) is 9.88. The molecular formula is C45H28N4O2. The molecule has 0 fully saturated rings. The van der Waals surface area contributed by atoms with E-state index < -0.39 is 0 Å². The van der Waals surface area contributed by atoms with Crippen LogP contribution in [0, 0.1) is 0 Å². The first-order chi connectivity index (χ1) is 25.3. The summed E-state index contributed by atoms with van der Waals surface area (Å²) in [6, 6.07) is 50.1. The average molecular weight is 657 g/mol. The van der Waals surface area contributed by atoms with E-state index in [1.807, 2.05) is 60.7 Å². The predicted molar refractivity (Wildman–Crippen MR) is 203 cm³/mol. The number of benzene rings is 6. The Kier molecular flexibility index (Phi) is 5.98. The third-order valence-corrected chi connectivity index (χ3v) is 10.3. The minimum Gasteiger partial charge on any atom is -0.456 e. The molecule has 6 aromatic carbocycles. The SMILES string of the molecule is C1=CC2C(c3ccccc3N2c2ccccc2)c2c1oc1c(-c3nc(-c4ccccc4)nc(-c4ccc5c(c4)oc4ccccc45)n3)cccc21. The van der Waals surface area contributed by atoms with Crippen LogP contribution in [0.2, 0.25) is 0 Å². The molecule has 1 aliphatic heterocycles. The zero-order valence-electron chi connectivity index (χ0n) is 27.3. The molecule has 240 valence electrons. The van der Waals surface area contributed by atoms with Crippen molar-refractivity contribution in [3.8, 4) is 34.2 Å². The van der Waals surface area contributed by atoms with Crippen LogP contribution in [-0.4, -0.2) is 21.0 Å². The van der Waals surface area contributed by atoms with Gasteiger partial charge < -0.3 is 13.7 Å². The number of aromatic nitrogens is 3. The third kappa shape index (κ3) is 4.26. The van der Waals surface area contributed by atoms with Gasteiger partial charge in [-0.1, -0.05) is 109 Å². The lowest BCUT2D eigenvalue weighted by atomic mass is 9.82. The second kappa shape index (κ2) is 10.9. The van der Waals surface area contributed by atoms with Gasteiger partial charge >= 0.3 is 0 Å². The highest BCUT2D eigenvalue weighted by Crippen LogP contribution is 2.54. The fraction of sp³-hybridized carbons (Fsp3) is 0.0444. The van der Waals surface area contributed by atoms with Crippen molar-refractivity contribution in [1.29, 1.82) is 0 Å². The van der Waals surface area contributed by atoms with Gasteiger partial charge in [0.25, 0.3) is 0 Å². The fourth-order valence-electron chi connectivity index (χ4n) is 8.06. The molecule has 3 aromatic heterocycles. The average Bonchev–Trinajstić information content (AvgIpc) is 3.87. The number of fused-ring (bicyclic) bond motifs is 10. The summed E-state index contributed by atoms with van der Waals surface area (Å²) in [5, 5.41) is 3.21. The number of anilines is 2. The number of nitrogens with zero attached hydrogens (tertiary/aromatic N) is 4. The minimum atomic E-state index is 0.0993. The van der Waals surface area contributed by atoms with Gasteiger partial charge in [-0.3, -0.25) is 0 Å². The van der Waals surface area contributed by atoms with Crippen LogP contribution in [0.15, 0.2) is 161 Å². The maximum absolute atomic E-state index is 6.80. The molecule has 6 nitrogen and oxygen atoms in total. The van der Waals surface area contributed by atoms with Crippen molar-refractivity contribution in [1.82, 2.24) is 15.0 Å². The van der Waals surface area contributed by atoms with Gasteiger partial charge in [0, 0.05) is 50.1 Å². The van der Waals surface area contributed by atoms with E-state index in [1.54, 1.807) is 0 Å². The van der Waals surface area contributed by atoms with Crippen molar-refractivity contribution < 1.29 is 8.83 Å². The van der Waals surface area contributed by atoms with Crippen LogP contribution in [0.1, 0.15) is 22.8 Å². The van der Waals surface area contributed by atoms with E-state index in [2.05, 4.69) is 102 Å². The molecule has 2 atom stereocenters. The molecule has 1 aliphatic carbocycles. The summed E-state index contributed by atoms with van der Waals surface area (Å²) in [5.74, 6) is 2.69. The summed E-state index contributed by atoms with van der Waals surface area (Å²) >= 11 is 0. The van der Waals surface area contributed by atoms with E-state index in [1.165, 1.54) is 22.5 Å². The van der Waals surface area contributed by atoms with Crippen molar-refractivity contribution in [3.63, 3.8) is 0 Å². The lowest BCUT2D eigenvalue weighted by molar-refractivity contribution is 0.584. The molecule has 9 aromatic rings. The fourth-order valence-corrected chi connectivity index (χ4v) is 8.06. The van der Waals surface area contributed by atoms with Gasteiger partial charge in [-0.2, -0.15) is 0 Å². The Morgan fingerprint density at radius 3 is 2.12 bits per heavy atom. The van der Waals surface area contributed by atoms with Crippen LogP contribution in [0.3, 0.4) is 0 Å². The van der Waals surface area contributed by atoms with Crippen LogP contribution >= 0.6 is 0 Å². The van der Waals surface area contributed by atoms with E-state index in [9.17, 15) is 0 Å².